The van der Waals surface area contributed by atoms with E-state index in [0.29, 0.717) is 18.9 Å². The SMILES string of the molecule is O=C(CCC(=O)N1CCC(c2ccccc2)=N1)OCc1nnc(-c2ccccc2)o1. The van der Waals surface area contributed by atoms with E-state index in [2.05, 4.69) is 15.3 Å². The molecule has 1 aliphatic heterocycles. The van der Waals surface area contributed by atoms with Gasteiger partial charge in [0.15, 0.2) is 6.61 Å². The van der Waals surface area contributed by atoms with E-state index in [-0.39, 0.29) is 31.2 Å². The van der Waals surface area contributed by atoms with Gasteiger partial charge in [0.25, 0.3) is 5.89 Å². The normalized spacial score (nSPS) is 13.2. The number of hydrogen-bond acceptors (Lipinski definition) is 7. The minimum Gasteiger partial charge on any atom is -0.456 e. The summed E-state index contributed by atoms with van der Waals surface area (Å²) in [6.45, 7) is 0.384. The number of amides is 1. The highest BCUT2D eigenvalue weighted by atomic mass is 16.5. The predicted molar refractivity (Wildman–Crippen MR) is 108 cm³/mol. The van der Waals surface area contributed by atoms with Crippen LogP contribution < -0.4 is 0 Å². The van der Waals surface area contributed by atoms with Crippen LogP contribution in [0.1, 0.15) is 30.7 Å². The lowest BCUT2D eigenvalue weighted by molar-refractivity contribution is -0.147. The molecule has 1 amide bonds. The van der Waals surface area contributed by atoms with Crippen LogP contribution in [0.5, 0.6) is 0 Å². The first kappa shape index (κ1) is 19.5. The molecule has 4 rings (SSSR count). The molecule has 0 aliphatic carbocycles. The molecule has 0 saturated heterocycles. The highest BCUT2D eigenvalue weighted by Crippen LogP contribution is 2.18. The van der Waals surface area contributed by atoms with Crippen LogP contribution >= 0.6 is 0 Å². The van der Waals surface area contributed by atoms with E-state index in [0.717, 1.165) is 16.8 Å². The Morgan fingerprint density at radius 3 is 2.37 bits per heavy atom. The van der Waals surface area contributed by atoms with Crippen LogP contribution in [0.4, 0.5) is 0 Å². The van der Waals surface area contributed by atoms with E-state index < -0.39 is 5.97 Å². The van der Waals surface area contributed by atoms with Crippen molar-refractivity contribution in [1.29, 1.82) is 0 Å². The number of ether oxygens (including phenoxy) is 1. The van der Waals surface area contributed by atoms with E-state index in [9.17, 15) is 9.59 Å². The van der Waals surface area contributed by atoms with Gasteiger partial charge in [-0.15, -0.1) is 10.2 Å². The summed E-state index contributed by atoms with van der Waals surface area (Å²) in [6.07, 6.45) is 0.690. The lowest BCUT2D eigenvalue weighted by Crippen LogP contribution is -2.24. The fourth-order valence-electron chi connectivity index (χ4n) is 3.03. The molecule has 8 nitrogen and oxygen atoms in total. The quantitative estimate of drug-likeness (QED) is 0.561. The van der Waals surface area contributed by atoms with Crippen LogP contribution in [-0.2, 0) is 20.9 Å². The van der Waals surface area contributed by atoms with Crippen molar-refractivity contribution >= 4 is 17.6 Å². The molecule has 0 N–H and O–H groups in total. The number of benzene rings is 2. The van der Waals surface area contributed by atoms with E-state index in [1.165, 1.54) is 5.01 Å². The predicted octanol–water partition coefficient (Wildman–Crippen LogP) is 3.20. The van der Waals surface area contributed by atoms with Gasteiger partial charge in [-0.25, -0.2) is 5.01 Å². The van der Waals surface area contributed by atoms with Crippen LogP contribution in [0.3, 0.4) is 0 Å². The summed E-state index contributed by atoms with van der Waals surface area (Å²) in [4.78, 5) is 24.3. The molecule has 2 heterocycles. The standard InChI is InChI=1S/C22H20N4O4/c27-20(26-14-13-18(25-26)16-7-3-1-4-8-16)11-12-21(28)29-15-19-23-24-22(30-19)17-9-5-2-6-10-17/h1-10H,11-15H2. The first-order chi connectivity index (χ1) is 14.7. The largest absolute Gasteiger partial charge is 0.456 e. The molecule has 8 heteroatoms. The van der Waals surface area contributed by atoms with Crippen LogP contribution in [0.15, 0.2) is 70.2 Å². The lowest BCUT2D eigenvalue weighted by atomic mass is 10.1. The number of esters is 1. The Labute approximate surface area is 173 Å². The molecule has 0 bridgehead atoms. The molecular formula is C22H20N4O4. The van der Waals surface area contributed by atoms with Crippen molar-refractivity contribution in [2.45, 2.75) is 25.9 Å². The minimum absolute atomic E-state index is 0.0313. The monoisotopic (exact) mass is 404 g/mol. The average Bonchev–Trinajstić information content (AvgIpc) is 3.47. The summed E-state index contributed by atoms with van der Waals surface area (Å²) in [6, 6.07) is 19.0. The maximum Gasteiger partial charge on any atom is 0.306 e. The third kappa shape index (κ3) is 4.78. The molecule has 152 valence electrons. The zero-order valence-electron chi connectivity index (χ0n) is 16.2. The van der Waals surface area contributed by atoms with Gasteiger partial charge in [-0.2, -0.15) is 5.10 Å². The van der Waals surface area contributed by atoms with Crippen LogP contribution in [0.25, 0.3) is 11.5 Å². The Hall–Kier alpha value is -3.81. The van der Waals surface area contributed by atoms with E-state index in [4.69, 9.17) is 9.15 Å². The lowest BCUT2D eigenvalue weighted by Gasteiger charge is -2.10. The van der Waals surface area contributed by atoms with Gasteiger partial charge in [0, 0.05) is 18.4 Å². The fraction of sp³-hybridized carbons (Fsp3) is 0.227. The first-order valence-electron chi connectivity index (χ1n) is 9.66. The molecule has 0 radical (unpaired) electrons. The third-order valence-electron chi connectivity index (χ3n) is 4.58. The second-order valence-electron chi connectivity index (χ2n) is 6.71. The minimum atomic E-state index is -0.505. The molecule has 0 spiro atoms. The van der Waals surface area contributed by atoms with Crippen molar-refractivity contribution in [1.82, 2.24) is 15.2 Å². The van der Waals surface area contributed by atoms with E-state index in [1.807, 2.05) is 60.7 Å². The van der Waals surface area contributed by atoms with E-state index >= 15 is 0 Å². The van der Waals surface area contributed by atoms with Gasteiger partial charge in [0.2, 0.25) is 11.8 Å². The number of hydrogen-bond donors (Lipinski definition) is 0. The average molecular weight is 404 g/mol. The van der Waals surface area contributed by atoms with Gasteiger partial charge < -0.3 is 9.15 Å². The van der Waals surface area contributed by atoms with Gasteiger partial charge in [0.05, 0.1) is 18.7 Å². The number of hydrazone groups is 1. The maximum atomic E-state index is 12.3. The van der Waals surface area contributed by atoms with Gasteiger partial charge in [0.1, 0.15) is 0 Å². The molecule has 0 saturated carbocycles. The topological polar surface area (TPSA) is 97.9 Å². The smallest absolute Gasteiger partial charge is 0.306 e. The molecule has 1 aliphatic rings. The van der Waals surface area contributed by atoms with Gasteiger partial charge in [-0.1, -0.05) is 48.5 Å². The third-order valence-corrected chi connectivity index (χ3v) is 4.58. The van der Waals surface area contributed by atoms with Crippen molar-refractivity contribution in [3.63, 3.8) is 0 Å². The van der Waals surface area contributed by atoms with Crippen molar-refractivity contribution < 1.29 is 18.7 Å². The van der Waals surface area contributed by atoms with E-state index in [1.54, 1.807) is 0 Å². The van der Waals surface area contributed by atoms with Crippen LogP contribution in [0.2, 0.25) is 0 Å². The molecular weight excluding hydrogens is 384 g/mol. The number of rotatable bonds is 7. The zero-order valence-corrected chi connectivity index (χ0v) is 16.2. The van der Waals surface area contributed by atoms with Crippen LogP contribution in [-0.4, -0.2) is 39.3 Å². The molecule has 2 aromatic carbocycles. The zero-order chi connectivity index (χ0) is 20.8. The maximum absolute atomic E-state index is 12.3. The summed E-state index contributed by atoms with van der Waals surface area (Å²) >= 11 is 0. The highest BCUT2D eigenvalue weighted by molar-refractivity contribution is 6.02. The second-order valence-corrected chi connectivity index (χ2v) is 6.71. The summed E-state index contributed by atoms with van der Waals surface area (Å²) in [5.41, 5.74) is 2.66. The highest BCUT2D eigenvalue weighted by Gasteiger charge is 2.22. The Morgan fingerprint density at radius 2 is 1.63 bits per heavy atom. The molecule has 0 unspecified atom stereocenters. The molecule has 3 aromatic rings. The molecule has 0 atom stereocenters. The summed E-state index contributed by atoms with van der Waals surface area (Å²) in [5.74, 6) is -0.153. The molecule has 30 heavy (non-hydrogen) atoms. The number of carbonyl (C=O) groups excluding carboxylic acids is 2. The summed E-state index contributed by atoms with van der Waals surface area (Å²) in [7, 11) is 0. The first-order valence-corrected chi connectivity index (χ1v) is 9.66. The Balaban J connectivity index is 1.23. The van der Waals surface area contributed by atoms with Crippen molar-refractivity contribution in [2.75, 3.05) is 6.54 Å². The van der Waals surface area contributed by atoms with Gasteiger partial charge in [-0.05, 0) is 17.7 Å². The molecule has 0 fully saturated rings. The summed E-state index contributed by atoms with van der Waals surface area (Å²) < 4.78 is 10.6. The fourth-order valence-corrected chi connectivity index (χ4v) is 3.03. The van der Waals surface area contributed by atoms with Gasteiger partial charge >= 0.3 is 5.97 Å². The number of nitrogens with zero attached hydrogens (tertiary/aromatic N) is 4. The number of aromatic nitrogens is 2. The van der Waals surface area contributed by atoms with Crippen molar-refractivity contribution in [3.05, 3.63) is 72.1 Å². The summed E-state index contributed by atoms with van der Waals surface area (Å²) in [5, 5.41) is 13.6. The van der Waals surface area contributed by atoms with Crippen LogP contribution in [0, 0.1) is 0 Å². The Bertz CT molecular complexity index is 1050. The molecule has 1 aromatic heterocycles. The Kier molecular flexibility index (Phi) is 5.93. The second kappa shape index (κ2) is 9.13. The van der Waals surface area contributed by atoms with Gasteiger partial charge in [-0.3, -0.25) is 9.59 Å². The van der Waals surface area contributed by atoms with Crippen molar-refractivity contribution in [3.8, 4) is 11.5 Å². The number of carbonyl (C=O) groups is 2. The Morgan fingerprint density at radius 1 is 0.933 bits per heavy atom. The van der Waals surface area contributed by atoms with Crippen molar-refractivity contribution in [2.24, 2.45) is 5.10 Å².